The zero-order chi connectivity index (χ0) is 20.9. The van der Waals surface area contributed by atoms with Gasteiger partial charge in [0, 0.05) is 26.7 Å². The van der Waals surface area contributed by atoms with Crippen LogP contribution in [-0.2, 0) is 0 Å². The Balaban J connectivity index is 1.86. The molecule has 29 heavy (non-hydrogen) atoms. The Morgan fingerprint density at radius 3 is 1.97 bits per heavy atom. The van der Waals surface area contributed by atoms with Crippen molar-refractivity contribution in [2.75, 3.05) is 11.1 Å². The van der Waals surface area contributed by atoms with Gasteiger partial charge in [-0.15, -0.1) is 0 Å². The lowest BCUT2D eigenvalue weighted by Gasteiger charge is -2.22. The minimum Gasteiger partial charge on any atom is -0.397 e. The van der Waals surface area contributed by atoms with E-state index < -0.39 is 17.5 Å². The molecule has 1 amide bonds. The maximum absolute atomic E-state index is 13.1. The quantitative estimate of drug-likeness (QED) is 0.412. The zero-order valence-corrected chi connectivity index (χ0v) is 16.8. The first-order valence-corrected chi connectivity index (χ1v) is 9.49. The van der Waals surface area contributed by atoms with E-state index in [0.717, 1.165) is 0 Å². The predicted octanol–water partition coefficient (Wildman–Crippen LogP) is 5.26. The number of anilines is 2. The molecule has 8 heteroatoms. The number of amides is 1. The number of nitrogens with two attached hydrogens (primary N) is 1. The highest BCUT2D eigenvalue weighted by molar-refractivity contribution is 6.39. The molecule has 0 unspecified atom stereocenters. The van der Waals surface area contributed by atoms with Gasteiger partial charge in [0.1, 0.15) is 0 Å². The molecule has 0 saturated heterocycles. The summed E-state index contributed by atoms with van der Waals surface area (Å²) in [5.41, 5.74) is 6.69. The molecular formula is C21H11Cl3N2O3. The van der Waals surface area contributed by atoms with Crippen LogP contribution >= 0.6 is 34.8 Å². The van der Waals surface area contributed by atoms with Gasteiger partial charge in [0.25, 0.3) is 5.91 Å². The number of carbonyl (C=O) groups excluding carboxylic acids is 3. The molecule has 0 bridgehead atoms. The topological polar surface area (TPSA) is 89.3 Å². The number of rotatable bonds is 2. The van der Waals surface area contributed by atoms with Crippen molar-refractivity contribution in [3.05, 3.63) is 91.4 Å². The average Bonchev–Trinajstić information content (AvgIpc) is 2.68. The third-order valence-corrected chi connectivity index (χ3v) is 5.31. The fourth-order valence-electron chi connectivity index (χ4n) is 3.26. The van der Waals surface area contributed by atoms with E-state index in [9.17, 15) is 14.4 Å². The van der Waals surface area contributed by atoms with Crippen molar-refractivity contribution < 1.29 is 14.4 Å². The number of hydrogen-bond donors (Lipinski definition) is 2. The van der Waals surface area contributed by atoms with Crippen LogP contribution < -0.4 is 11.1 Å². The number of nitrogen functional groups attached to an aromatic ring is 1. The third kappa shape index (κ3) is 3.27. The average molecular weight is 446 g/mol. The van der Waals surface area contributed by atoms with E-state index in [-0.39, 0.29) is 54.3 Å². The van der Waals surface area contributed by atoms with E-state index in [1.165, 1.54) is 24.3 Å². The summed E-state index contributed by atoms with van der Waals surface area (Å²) < 4.78 is 0. The Hall–Kier alpha value is -2.86. The number of hydrogen-bond acceptors (Lipinski definition) is 4. The second-order valence-corrected chi connectivity index (χ2v) is 7.67. The van der Waals surface area contributed by atoms with Crippen LogP contribution in [0.1, 0.15) is 42.2 Å². The summed E-state index contributed by atoms with van der Waals surface area (Å²) in [5, 5.41) is 3.22. The summed E-state index contributed by atoms with van der Waals surface area (Å²) in [6.45, 7) is 0. The number of halogens is 3. The minimum absolute atomic E-state index is 0.00271. The Morgan fingerprint density at radius 2 is 1.38 bits per heavy atom. The molecule has 3 aromatic rings. The second-order valence-electron chi connectivity index (χ2n) is 6.39. The normalized spacial score (nSPS) is 12.4. The van der Waals surface area contributed by atoms with Gasteiger partial charge in [-0.2, -0.15) is 0 Å². The highest BCUT2D eigenvalue weighted by Crippen LogP contribution is 2.39. The van der Waals surface area contributed by atoms with Gasteiger partial charge in [-0.25, -0.2) is 0 Å². The van der Waals surface area contributed by atoms with E-state index in [4.69, 9.17) is 40.5 Å². The fraction of sp³-hybridized carbons (Fsp3) is 0. The van der Waals surface area contributed by atoms with E-state index in [1.54, 1.807) is 24.3 Å². The molecule has 0 saturated carbocycles. The third-order valence-electron chi connectivity index (χ3n) is 4.56. The smallest absolute Gasteiger partial charge is 0.255 e. The molecule has 4 rings (SSSR count). The van der Waals surface area contributed by atoms with Crippen molar-refractivity contribution in [2.24, 2.45) is 0 Å². The molecule has 0 atom stereocenters. The van der Waals surface area contributed by atoms with Crippen LogP contribution in [0.25, 0.3) is 0 Å². The van der Waals surface area contributed by atoms with Crippen molar-refractivity contribution >= 4 is 63.7 Å². The zero-order valence-electron chi connectivity index (χ0n) is 14.6. The Morgan fingerprint density at radius 1 is 0.828 bits per heavy atom. The van der Waals surface area contributed by atoms with Crippen LogP contribution in [0.5, 0.6) is 0 Å². The molecule has 144 valence electrons. The summed E-state index contributed by atoms with van der Waals surface area (Å²) in [7, 11) is 0. The van der Waals surface area contributed by atoms with E-state index in [2.05, 4.69) is 5.32 Å². The van der Waals surface area contributed by atoms with Crippen LogP contribution in [0.2, 0.25) is 15.1 Å². The van der Waals surface area contributed by atoms with Crippen LogP contribution in [0.4, 0.5) is 11.4 Å². The number of carbonyl (C=O) groups is 3. The fourth-order valence-corrected chi connectivity index (χ4v) is 3.99. The monoisotopic (exact) mass is 444 g/mol. The lowest BCUT2D eigenvalue weighted by molar-refractivity contribution is 0.0979. The first-order valence-electron chi connectivity index (χ1n) is 8.35. The van der Waals surface area contributed by atoms with Crippen molar-refractivity contribution in [2.45, 2.75) is 0 Å². The van der Waals surface area contributed by atoms with Crippen LogP contribution in [0.15, 0.2) is 48.5 Å². The molecule has 3 aromatic carbocycles. The molecule has 0 aromatic heterocycles. The maximum Gasteiger partial charge on any atom is 0.255 e. The molecule has 0 aliphatic heterocycles. The summed E-state index contributed by atoms with van der Waals surface area (Å²) in [6, 6.07) is 12.1. The van der Waals surface area contributed by atoms with Crippen molar-refractivity contribution in [3.8, 4) is 0 Å². The number of ketones is 2. The molecular weight excluding hydrogens is 435 g/mol. The van der Waals surface area contributed by atoms with Gasteiger partial charge in [0.2, 0.25) is 0 Å². The van der Waals surface area contributed by atoms with Gasteiger partial charge < -0.3 is 11.1 Å². The molecule has 0 spiro atoms. The molecule has 0 fully saturated rings. The summed E-state index contributed by atoms with van der Waals surface area (Å²) in [5.74, 6) is -1.44. The van der Waals surface area contributed by atoms with E-state index in [1.807, 2.05) is 0 Å². The highest BCUT2D eigenvalue weighted by atomic mass is 35.5. The van der Waals surface area contributed by atoms with Gasteiger partial charge in [-0.3, -0.25) is 14.4 Å². The molecule has 5 nitrogen and oxygen atoms in total. The Bertz CT molecular complexity index is 1220. The van der Waals surface area contributed by atoms with Gasteiger partial charge in [0.05, 0.1) is 27.5 Å². The first-order chi connectivity index (χ1) is 13.8. The lowest BCUT2D eigenvalue weighted by Crippen LogP contribution is -2.25. The van der Waals surface area contributed by atoms with Gasteiger partial charge in [-0.1, -0.05) is 59.1 Å². The van der Waals surface area contributed by atoms with Crippen molar-refractivity contribution in [3.63, 3.8) is 0 Å². The van der Waals surface area contributed by atoms with Crippen LogP contribution in [0, 0.1) is 0 Å². The summed E-state index contributed by atoms with van der Waals surface area (Å²) in [4.78, 5) is 38.8. The molecule has 0 radical (unpaired) electrons. The van der Waals surface area contributed by atoms with E-state index >= 15 is 0 Å². The van der Waals surface area contributed by atoms with Gasteiger partial charge in [0.15, 0.2) is 11.6 Å². The first kappa shape index (κ1) is 19.5. The molecule has 0 heterocycles. The van der Waals surface area contributed by atoms with Crippen LogP contribution in [0.3, 0.4) is 0 Å². The Labute approximate surface area is 180 Å². The predicted molar refractivity (Wildman–Crippen MR) is 114 cm³/mol. The van der Waals surface area contributed by atoms with E-state index in [0.29, 0.717) is 0 Å². The molecule has 3 N–H and O–H groups in total. The Kier molecular flexibility index (Phi) is 4.82. The largest absolute Gasteiger partial charge is 0.397 e. The number of nitrogens with one attached hydrogen (secondary N) is 1. The van der Waals surface area contributed by atoms with Gasteiger partial charge in [-0.05, 0) is 24.3 Å². The summed E-state index contributed by atoms with van der Waals surface area (Å²) in [6.07, 6.45) is 0. The lowest BCUT2D eigenvalue weighted by atomic mass is 9.82. The minimum atomic E-state index is -0.573. The maximum atomic E-state index is 13.1. The number of fused-ring (bicyclic) bond motifs is 2. The van der Waals surface area contributed by atoms with Gasteiger partial charge >= 0.3 is 0 Å². The van der Waals surface area contributed by atoms with Crippen molar-refractivity contribution in [1.29, 1.82) is 0 Å². The second kappa shape index (κ2) is 7.19. The number of benzene rings is 3. The van der Waals surface area contributed by atoms with Crippen molar-refractivity contribution in [1.82, 2.24) is 0 Å². The molecule has 1 aliphatic carbocycles. The van der Waals surface area contributed by atoms with Crippen LogP contribution in [-0.4, -0.2) is 17.5 Å². The SMILES string of the molecule is Nc1c(Cl)cc(NC(=O)c2cc(Cl)cc(Cl)c2)c2c1C(=O)c1ccccc1C2=O. The standard InChI is InChI=1S/C21H11Cl3N2O3/c22-10-5-9(6-11(23)7-10)21(29)26-15-8-14(24)18(25)17-16(15)19(27)12-3-1-2-4-13(12)20(17)28/h1-8H,25H2,(H,26,29). The molecule has 1 aliphatic rings. The summed E-state index contributed by atoms with van der Waals surface area (Å²) >= 11 is 18.1. The highest BCUT2D eigenvalue weighted by Gasteiger charge is 2.34.